The van der Waals surface area contributed by atoms with Crippen molar-refractivity contribution in [1.82, 2.24) is 14.5 Å². The maximum atomic E-state index is 13.7. The van der Waals surface area contributed by atoms with Crippen molar-refractivity contribution in [2.75, 3.05) is 12.3 Å². The molecular formula is C17H19ClFN5O8P+. The Morgan fingerprint density at radius 3 is 2.79 bits per heavy atom. The predicted octanol–water partition coefficient (Wildman–Crippen LogP) is -0.836. The molecule has 1 aliphatic rings. The van der Waals surface area contributed by atoms with E-state index in [1.807, 2.05) is 0 Å². The molecule has 1 fully saturated rings. The number of aliphatic hydroxyl groups excluding tert-OH is 2. The van der Waals surface area contributed by atoms with Gasteiger partial charge in [0.05, 0.1) is 13.2 Å². The number of anilines is 1. The second-order valence-electron chi connectivity index (χ2n) is 7.34. The van der Waals surface area contributed by atoms with Gasteiger partial charge in [-0.25, -0.2) is 13.5 Å². The van der Waals surface area contributed by atoms with E-state index in [2.05, 4.69) is 14.5 Å². The number of phosphoric acid groups is 1. The quantitative estimate of drug-likeness (QED) is 0.181. The van der Waals surface area contributed by atoms with E-state index in [4.69, 9.17) is 31.9 Å². The van der Waals surface area contributed by atoms with Crippen molar-refractivity contribution in [3.05, 3.63) is 51.3 Å². The Morgan fingerprint density at radius 1 is 1.36 bits per heavy atom. The summed E-state index contributed by atoms with van der Waals surface area (Å²) in [5, 5.41) is 21.0. The van der Waals surface area contributed by atoms with Gasteiger partial charge in [-0.05, 0) is 18.2 Å². The lowest BCUT2D eigenvalue weighted by molar-refractivity contribution is -0.745. The molecule has 4 atom stereocenters. The normalized spacial score (nSPS) is 23.5. The van der Waals surface area contributed by atoms with E-state index in [9.17, 15) is 24.0 Å². The number of nitrogen functional groups attached to an aromatic ring is 1. The molecule has 0 bridgehead atoms. The molecule has 3 heterocycles. The molecule has 1 saturated heterocycles. The van der Waals surface area contributed by atoms with E-state index >= 15 is 0 Å². The van der Waals surface area contributed by atoms with E-state index < -0.39 is 50.3 Å². The first-order valence-corrected chi connectivity index (χ1v) is 11.3. The zero-order valence-corrected chi connectivity index (χ0v) is 18.2. The molecule has 33 heavy (non-hydrogen) atoms. The second kappa shape index (κ2) is 8.74. The third kappa shape index (κ3) is 4.78. The first-order valence-electron chi connectivity index (χ1n) is 9.40. The summed E-state index contributed by atoms with van der Waals surface area (Å²) in [6, 6.07) is 3.73. The van der Waals surface area contributed by atoms with Gasteiger partial charge in [-0.1, -0.05) is 16.6 Å². The number of hydrogen-bond acceptors (Lipinski definition) is 8. The van der Waals surface area contributed by atoms with Crippen LogP contribution in [0.2, 0.25) is 5.02 Å². The van der Waals surface area contributed by atoms with Crippen LogP contribution in [0.3, 0.4) is 0 Å². The van der Waals surface area contributed by atoms with E-state index in [1.165, 1.54) is 33.7 Å². The van der Waals surface area contributed by atoms with Gasteiger partial charge in [-0.15, -0.1) is 0 Å². The minimum absolute atomic E-state index is 0.00950. The third-order valence-electron chi connectivity index (χ3n) is 5.06. The van der Waals surface area contributed by atoms with Gasteiger partial charge in [0.1, 0.15) is 24.1 Å². The molecule has 13 nitrogen and oxygen atoms in total. The summed E-state index contributed by atoms with van der Waals surface area (Å²) in [6.07, 6.45) is -4.46. The molecule has 0 unspecified atom stereocenters. The minimum atomic E-state index is -4.85. The number of imidazole rings is 1. The highest BCUT2D eigenvalue weighted by atomic mass is 35.5. The Hall–Kier alpha value is -2.42. The number of fused-ring (bicyclic) bond motifs is 1. The number of benzene rings is 1. The molecule has 0 saturated carbocycles. The fourth-order valence-electron chi connectivity index (χ4n) is 3.59. The molecule has 2 aromatic heterocycles. The number of nitrogens with two attached hydrogens (primary N) is 1. The molecule has 1 aromatic carbocycles. The Labute approximate surface area is 189 Å². The largest absolute Gasteiger partial charge is 0.469 e. The van der Waals surface area contributed by atoms with Gasteiger partial charge in [-0.2, -0.15) is 0 Å². The number of rotatable bonds is 6. The highest BCUT2D eigenvalue weighted by Crippen LogP contribution is 2.37. The molecule has 4 rings (SSSR count). The molecule has 0 aliphatic carbocycles. The number of nitrogens with one attached hydrogen (secondary N) is 1. The van der Waals surface area contributed by atoms with Crippen molar-refractivity contribution in [1.29, 1.82) is 0 Å². The third-order valence-corrected chi connectivity index (χ3v) is 5.91. The summed E-state index contributed by atoms with van der Waals surface area (Å²) in [5.74, 6) is -0.780. The van der Waals surface area contributed by atoms with Gasteiger partial charge < -0.3 is 30.5 Å². The number of phosphoric ester groups is 1. The highest BCUT2D eigenvalue weighted by Gasteiger charge is 2.47. The van der Waals surface area contributed by atoms with Crippen LogP contribution in [0.25, 0.3) is 11.2 Å². The molecule has 0 radical (unpaired) electrons. The SMILES string of the molecule is Nc1nc2c(c(=O)[nH]1)n(Cc1cc(F)ccc1Cl)c[n+]2[C@@H]1O[C@H](COP(=O)(O)O)[C@@H](O)[C@H]1O. The number of halogens is 2. The zero-order chi connectivity index (χ0) is 24.1. The summed E-state index contributed by atoms with van der Waals surface area (Å²) in [7, 11) is -4.85. The maximum Gasteiger partial charge on any atom is 0.469 e. The van der Waals surface area contributed by atoms with Gasteiger partial charge in [0.2, 0.25) is 11.7 Å². The summed E-state index contributed by atoms with van der Waals surface area (Å²) >= 11 is 6.15. The molecule has 7 N–H and O–H groups in total. The van der Waals surface area contributed by atoms with Gasteiger partial charge in [-0.3, -0.25) is 18.9 Å². The second-order valence-corrected chi connectivity index (χ2v) is 8.99. The molecule has 0 amide bonds. The number of H-pyrrole nitrogens is 1. The Balaban J connectivity index is 1.76. The van der Waals surface area contributed by atoms with Crippen molar-refractivity contribution in [2.45, 2.75) is 31.1 Å². The summed E-state index contributed by atoms with van der Waals surface area (Å²) < 4.78 is 37.2. The summed E-state index contributed by atoms with van der Waals surface area (Å²) in [5.41, 5.74) is 5.33. The molecule has 0 spiro atoms. The highest BCUT2D eigenvalue weighted by molar-refractivity contribution is 7.46. The fraction of sp³-hybridized carbons (Fsp3) is 0.353. The number of aromatic nitrogens is 4. The Bertz CT molecular complexity index is 1310. The van der Waals surface area contributed by atoms with Gasteiger partial charge in [0.25, 0.3) is 11.5 Å². The predicted molar refractivity (Wildman–Crippen MR) is 109 cm³/mol. The van der Waals surface area contributed by atoms with Crippen LogP contribution in [0, 0.1) is 5.82 Å². The van der Waals surface area contributed by atoms with Crippen LogP contribution in [-0.4, -0.2) is 59.5 Å². The zero-order valence-electron chi connectivity index (χ0n) is 16.6. The van der Waals surface area contributed by atoms with Gasteiger partial charge >= 0.3 is 13.5 Å². The number of ether oxygens (including phenoxy) is 1. The maximum absolute atomic E-state index is 13.7. The lowest BCUT2D eigenvalue weighted by Gasteiger charge is -2.14. The lowest BCUT2D eigenvalue weighted by Crippen LogP contribution is -2.46. The van der Waals surface area contributed by atoms with Crippen molar-refractivity contribution < 1.29 is 42.8 Å². The van der Waals surface area contributed by atoms with Crippen LogP contribution in [0.15, 0.2) is 29.3 Å². The molecule has 16 heteroatoms. The Morgan fingerprint density at radius 2 is 2.09 bits per heavy atom. The Kier molecular flexibility index (Phi) is 6.28. The average Bonchev–Trinajstić information content (AvgIpc) is 3.20. The average molecular weight is 507 g/mol. The number of aliphatic hydroxyl groups is 2. The molecule has 1 aliphatic heterocycles. The van der Waals surface area contributed by atoms with Crippen molar-refractivity contribution in [2.24, 2.45) is 0 Å². The fourth-order valence-corrected chi connectivity index (χ4v) is 4.11. The first kappa shape index (κ1) is 23.7. The lowest BCUT2D eigenvalue weighted by atomic mass is 10.1. The van der Waals surface area contributed by atoms with Crippen LogP contribution in [0.5, 0.6) is 0 Å². The van der Waals surface area contributed by atoms with Crippen LogP contribution >= 0.6 is 19.4 Å². The molecule has 3 aromatic rings. The van der Waals surface area contributed by atoms with E-state index in [0.717, 1.165) is 0 Å². The summed E-state index contributed by atoms with van der Waals surface area (Å²) in [4.78, 5) is 36.8. The van der Waals surface area contributed by atoms with Crippen molar-refractivity contribution >= 4 is 36.5 Å². The minimum Gasteiger partial charge on any atom is -0.387 e. The molecule has 178 valence electrons. The first-order chi connectivity index (χ1) is 15.4. The van der Waals surface area contributed by atoms with Crippen molar-refractivity contribution in [3.8, 4) is 0 Å². The van der Waals surface area contributed by atoms with Gasteiger partial charge in [0.15, 0.2) is 6.33 Å². The van der Waals surface area contributed by atoms with Crippen LogP contribution < -0.4 is 15.9 Å². The summed E-state index contributed by atoms with van der Waals surface area (Å²) in [6.45, 7) is -0.780. The van der Waals surface area contributed by atoms with E-state index in [1.54, 1.807) is 0 Å². The standard InChI is InChI=1S/C17H18ClFN5O8P/c18-9-2-1-8(19)3-7(9)4-23-6-24(14-11(23)15(27)22-17(20)21-14)16-13(26)12(25)10(32-16)5-31-33(28,29)30/h1-3,6,10,12-13,16,25-26H,4-5H2,(H4-,20,21,22,27,28,29,30)/p+1/t10-,12-,13-,16-/m1/s1. The van der Waals surface area contributed by atoms with Crippen LogP contribution in [-0.2, 0) is 20.4 Å². The number of aromatic amines is 1. The van der Waals surface area contributed by atoms with Crippen LogP contribution in [0.1, 0.15) is 11.8 Å². The smallest absolute Gasteiger partial charge is 0.387 e. The topological polar surface area (TPSA) is 197 Å². The molecular weight excluding hydrogens is 488 g/mol. The van der Waals surface area contributed by atoms with Crippen LogP contribution in [0.4, 0.5) is 10.3 Å². The number of hydrogen-bond donors (Lipinski definition) is 6. The number of nitrogens with zero attached hydrogens (tertiary/aromatic N) is 3. The van der Waals surface area contributed by atoms with E-state index in [0.29, 0.717) is 5.56 Å². The van der Waals surface area contributed by atoms with Crippen molar-refractivity contribution in [3.63, 3.8) is 0 Å². The van der Waals surface area contributed by atoms with Gasteiger partial charge in [0, 0.05) is 10.6 Å². The monoisotopic (exact) mass is 506 g/mol. The van der Waals surface area contributed by atoms with E-state index in [-0.39, 0.29) is 28.7 Å².